The van der Waals surface area contributed by atoms with Crippen LogP contribution >= 0.6 is 7.82 Å². The second-order valence-electron chi connectivity index (χ2n) is 25.3. The van der Waals surface area contributed by atoms with Gasteiger partial charge >= 0.3 is 7.82 Å². The van der Waals surface area contributed by atoms with Gasteiger partial charge in [0.15, 0.2) is 0 Å². The van der Waals surface area contributed by atoms with Crippen LogP contribution in [-0.2, 0) is 18.4 Å². The Labute approximate surface area is 499 Å². The third kappa shape index (κ3) is 64.0. The van der Waals surface area contributed by atoms with Crippen molar-refractivity contribution in [2.45, 2.75) is 360 Å². The Morgan fingerprint density at radius 1 is 0.425 bits per heavy atom. The van der Waals surface area contributed by atoms with Gasteiger partial charge in [-0.2, -0.15) is 0 Å². The maximum atomic E-state index is 13.0. The molecule has 3 atom stereocenters. The Morgan fingerprint density at radius 2 is 0.725 bits per heavy atom. The highest BCUT2D eigenvalue weighted by atomic mass is 31.2. The highest BCUT2D eigenvalue weighted by molar-refractivity contribution is 7.47. The molecule has 0 aromatic carbocycles. The zero-order valence-corrected chi connectivity index (χ0v) is 55.0. The van der Waals surface area contributed by atoms with Gasteiger partial charge in [0.2, 0.25) is 5.91 Å². The van der Waals surface area contributed by atoms with Crippen molar-refractivity contribution < 1.29 is 32.9 Å². The monoisotopic (exact) mass is 1150 g/mol. The van der Waals surface area contributed by atoms with Crippen molar-refractivity contribution >= 4 is 13.7 Å². The zero-order valence-electron chi connectivity index (χ0n) is 54.1. The van der Waals surface area contributed by atoms with Crippen molar-refractivity contribution in [2.24, 2.45) is 0 Å². The second kappa shape index (κ2) is 62.0. The van der Waals surface area contributed by atoms with E-state index in [9.17, 15) is 19.4 Å². The minimum Gasteiger partial charge on any atom is -0.387 e. The molecule has 1 amide bonds. The van der Waals surface area contributed by atoms with Crippen molar-refractivity contribution in [3.8, 4) is 0 Å². The fourth-order valence-corrected chi connectivity index (χ4v) is 11.3. The molecule has 0 saturated heterocycles. The van der Waals surface area contributed by atoms with E-state index in [0.717, 1.165) is 44.9 Å². The number of likely N-dealkylation sites (N-methyl/N-ethyl adjacent to an activating group) is 1. The molecular formula is C71H138N2O6P+. The van der Waals surface area contributed by atoms with Gasteiger partial charge in [0.1, 0.15) is 13.2 Å². The molecule has 472 valence electrons. The number of phosphoric ester groups is 1. The first-order chi connectivity index (χ1) is 39.0. The molecule has 0 radical (unpaired) electrons. The molecule has 0 aliphatic rings. The summed E-state index contributed by atoms with van der Waals surface area (Å²) < 4.78 is 23.8. The van der Waals surface area contributed by atoms with Crippen molar-refractivity contribution in [3.05, 3.63) is 48.6 Å². The Morgan fingerprint density at radius 3 is 1.07 bits per heavy atom. The Bertz CT molecular complexity index is 1440. The van der Waals surface area contributed by atoms with E-state index in [1.165, 1.54) is 283 Å². The summed E-state index contributed by atoms with van der Waals surface area (Å²) >= 11 is 0. The molecule has 8 nitrogen and oxygen atoms in total. The van der Waals surface area contributed by atoms with Crippen LogP contribution in [0.2, 0.25) is 0 Å². The largest absolute Gasteiger partial charge is 0.472 e. The van der Waals surface area contributed by atoms with E-state index in [2.05, 4.69) is 55.6 Å². The zero-order chi connectivity index (χ0) is 58.4. The van der Waals surface area contributed by atoms with Gasteiger partial charge < -0.3 is 19.8 Å². The third-order valence-electron chi connectivity index (χ3n) is 16.0. The smallest absolute Gasteiger partial charge is 0.387 e. The number of quaternary nitrogens is 1. The molecule has 0 aromatic heterocycles. The number of phosphoric acid groups is 1. The van der Waals surface area contributed by atoms with Crippen molar-refractivity contribution in [1.29, 1.82) is 0 Å². The molecule has 0 fully saturated rings. The molecule has 3 unspecified atom stereocenters. The molecular weight excluding hydrogens is 1010 g/mol. The molecule has 3 N–H and O–H groups in total. The summed E-state index contributed by atoms with van der Waals surface area (Å²) in [5.41, 5.74) is 0. The van der Waals surface area contributed by atoms with Gasteiger partial charge in [-0.3, -0.25) is 13.8 Å². The molecule has 0 aliphatic heterocycles. The maximum absolute atomic E-state index is 13.0. The van der Waals surface area contributed by atoms with Crippen LogP contribution in [0.1, 0.15) is 348 Å². The van der Waals surface area contributed by atoms with Crippen LogP contribution in [-0.4, -0.2) is 73.4 Å². The molecule has 0 rings (SSSR count). The summed E-state index contributed by atoms with van der Waals surface area (Å²) in [7, 11) is 1.57. The third-order valence-corrected chi connectivity index (χ3v) is 17.0. The van der Waals surface area contributed by atoms with Gasteiger partial charge in [-0.25, -0.2) is 4.57 Å². The number of nitrogens with zero attached hydrogens (tertiary/aromatic N) is 1. The molecule has 0 aliphatic carbocycles. The lowest BCUT2D eigenvalue weighted by atomic mass is 10.0. The molecule has 9 heteroatoms. The van der Waals surface area contributed by atoms with E-state index in [-0.39, 0.29) is 19.1 Å². The minimum absolute atomic E-state index is 0.0569. The summed E-state index contributed by atoms with van der Waals surface area (Å²) in [6.45, 7) is 4.84. The molecule has 0 spiro atoms. The Balaban J connectivity index is 4.07. The summed E-state index contributed by atoms with van der Waals surface area (Å²) in [6.07, 6.45) is 84.1. The number of hydrogen-bond acceptors (Lipinski definition) is 5. The van der Waals surface area contributed by atoms with Crippen LogP contribution in [0.25, 0.3) is 0 Å². The van der Waals surface area contributed by atoms with Gasteiger partial charge in [0, 0.05) is 6.42 Å². The number of carbonyl (C=O) groups excluding carboxylic acids is 1. The lowest BCUT2D eigenvalue weighted by molar-refractivity contribution is -0.870. The van der Waals surface area contributed by atoms with Crippen molar-refractivity contribution in [1.82, 2.24) is 5.32 Å². The fraction of sp³-hybridized carbons (Fsp3) is 0.873. The summed E-state index contributed by atoms with van der Waals surface area (Å²) in [5, 5.41) is 14.0. The number of allylic oxidation sites excluding steroid dienone is 7. The maximum Gasteiger partial charge on any atom is 0.472 e. The van der Waals surface area contributed by atoms with E-state index in [0.29, 0.717) is 17.4 Å². The predicted octanol–water partition coefficient (Wildman–Crippen LogP) is 22.2. The highest BCUT2D eigenvalue weighted by Gasteiger charge is 2.28. The van der Waals surface area contributed by atoms with Gasteiger partial charge in [-0.15, -0.1) is 0 Å². The highest BCUT2D eigenvalue weighted by Crippen LogP contribution is 2.43. The number of hydrogen-bond donors (Lipinski definition) is 3. The summed E-state index contributed by atoms with van der Waals surface area (Å²) in [4.78, 5) is 23.4. The quantitative estimate of drug-likeness (QED) is 0.0243. The van der Waals surface area contributed by atoms with E-state index >= 15 is 0 Å². The first-order valence-electron chi connectivity index (χ1n) is 35.0. The van der Waals surface area contributed by atoms with Crippen molar-refractivity contribution in [3.63, 3.8) is 0 Å². The minimum atomic E-state index is -4.36. The number of rotatable bonds is 65. The number of unbranched alkanes of at least 4 members (excludes halogenated alkanes) is 46. The molecule has 0 aromatic rings. The van der Waals surface area contributed by atoms with E-state index in [1.807, 2.05) is 27.2 Å². The van der Waals surface area contributed by atoms with Crippen LogP contribution < -0.4 is 5.32 Å². The van der Waals surface area contributed by atoms with Gasteiger partial charge in [0.25, 0.3) is 0 Å². The summed E-state index contributed by atoms with van der Waals surface area (Å²) in [5.74, 6) is -0.181. The Kier molecular flexibility index (Phi) is 60.8. The van der Waals surface area contributed by atoms with E-state index in [4.69, 9.17) is 9.05 Å². The standard InChI is InChI=1S/C71H137N2O6P/c1-6-8-10-12-14-16-18-20-22-24-26-28-30-32-33-34-35-36-37-38-39-41-43-45-47-49-51-53-55-57-59-61-63-65-71(75)72-69(68-79-80(76,77)78-67-66-73(3,4)5)70(74)64-62-60-58-56-54-52-50-48-46-44-42-40-31-29-27-25-23-21-19-17-15-13-11-9-7-2/h26,28,32-33,54,56,62,64,69-70,74H,6-25,27,29-31,34-53,55,57-61,63,65-68H2,1-5H3,(H-,72,75,76,77)/p+1/b28-26-,33-32-,56-54+,64-62+. The number of nitrogens with one attached hydrogen (secondary N) is 1. The first-order valence-corrected chi connectivity index (χ1v) is 36.5. The first kappa shape index (κ1) is 78.5. The predicted molar refractivity (Wildman–Crippen MR) is 351 cm³/mol. The topological polar surface area (TPSA) is 105 Å². The van der Waals surface area contributed by atoms with Gasteiger partial charge in [-0.05, 0) is 64.2 Å². The number of aliphatic hydroxyl groups excluding tert-OH is 1. The lowest BCUT2D eigenvalue weighted by Crippen LogP contribution is -2.45. The molecule has 0 saturated carbocycles. The normalized spacial score (nSPS) is 13.9. The van der Waals surface area contributed by atoms with Gasteiger partial charge in [-0.1, -0.05) is 326 Å². The van der Waals surface area contributed by atoms with Crippen LogP contribution in [0.4, 0.5) is 0 Å². The molecule has 0 bridgehead atoms. The van der Waals surface area contributed by atoms with Crippen molar-refractivity contribution in [2.75, 3.05) is 40.9 Å². The van der Waals surface area contributed by atoms with E-state index < -0.39 is 20.0 Å². The SMILES string of the molecule is CCCCCCCCCCC/C=C\C/C=C\CCCCCCCCCCCCCCCCCCCC(=O)NC(COP(=O)(O)OCC[N+](C)(C)C)C(O)/C=C/CC/C=C/CCCCCCCCCCCCCCCCCCCCC. The van der Waals surface area contributed by atoms with Crippen LogP contribution in [0.5, 0.6) is 0 Å². The fourth-order valence-electron chi connectivity index (χ4n) is 10.6. The Hall–Kier alpha value is -1.54. The number of amides is 1. The molecule has 80 heavy (non-hydrogen) atoms. The van der Waals surface area contributed by atoms with Gasteiger partial charge in [0.05, 0.1) is 39.9 Å². The number of carbonyl (C=O) groups is 1. The van der Waals surface area contributed by atoms with Crippen LogP contribution in [0, 0.1) is 0 Å². The average molecular weight is 1150 g/mol. The average Bonchev–Trinajstić information content (AvgIpc) is 3.42. The molecule has 0 heterocycles. The summed E-state index contributed by atoms with van der Waals surface area (Å²) in [6, 6.07) is -0.865. The lowest BCUT2D eigenvalue weighted by Gasteiger charge is -2.25. The number of aliphatic hydroxyl groups is 1. The second-order valence-corrected chi connectivity index (χ2v) is 26.7. The van der Waals surface area contributed by atoms with Crippen LogP contribution in [0.15, 0.2) is 48.6 Å². The van der Waals surface area contributed by atoms with E-state index in [1.54, 1.807) is 6.08 Å². The van der Waals surface area contributed by atoms with Crippen LogP contribution in [0.3, 0.4) is 0 Å².